The van der Waals surface area contributed by atoms with Gasteiger partial charge in [-0.05, 0) is 35.9 Å². The summed E-state index contributed by atoms with van der Waals surface area (Å²) in [5.74, 6) is 1.34. The van der Waals surface area contributed by atoms with E-state index in [0.717, 1.165) is 5.56 Å². The van der Waals surface area contributed by atoms with Crippen molar-refractivity contribution >= 4 is 11.6 Å². The molecule has 0 unspecified atom stereocenters. The van der Waals surface area contributed by atoms with Gasteiger partial charge in [-0.2, -0.15) is 0 Å². The number of ether oxygens (including phenoxy) is 2. The normalized spacial score (nSPS) is 10.3. The summed E-state index contributed by atoms with van der Waals surface area (Å²) < 4.78 is 10.8. The van der Waals surface area contributed by atoms with E-state index in [9.17, 15) is 5.11 Å². The van der Waals surface area contributed by atoms with Gasteiger partial charge in [0.05, 0.1) is 13.7 Å². The van der Waals surface area contributed by atoms with Crippen LogP contribution in [0.2, 0.25) is 5.02 Å². The van der Waals surface area contributed by atoms with Gasteiger partial charge in [0, 0.05) is 10.6 Å². The third kappa shape index (κ3) is 3.63. The summed E-state index contributed by atoms with van der Waals surface area (Å²) in [6.45, 7) is 0.308. The minimum atomic E-state index is -0.0952. The van der Waals surface area contributed by atoms with Crippen molar-refractivity contribution in [1.82, 2.24) is 0 Å². The number of methoxy groups -OCH3 is 1. The van der Waals surface area contributed by atoms with Crippen LogP contribution in [0.3, 0.4) is 0 Å². The number of hydrogen-bond acceptors (Lipinski definition) is 3. The Kier molecular flexibility index (Phi) is 4.66. The molecular formula is C15H15ClO3. The number of rotatable bonds is 5. The van der Waals surface area contributed by atoms with Crippen molar-refractivity contribution < 1.29 is 14.6 Å². The molecule has 0 radical (unpaired) electrons. The van der Waals surface area contributed by atoms with E-state index in [1.165, 1.54) is 0 Å². The van der Waals surface area contributed by atoms with Crippen LogP contribution >= 0.6 is 11.6 Å². The highest BCUT2D eigenvalue weighted by atomic mass is 35.5. The van der Waals surface area contributed by atoms with Crippen LogP contribution in [0.5, 0.6) is 11.5 Å². The van der Waals surface area contributed by atoms with Gasteiger partial charge >= 0.3 is 0 Å². The van der Waals surface area contributed by atoms with Crippen molar-refractivity contribution in [3.63, 3.8) is 0 Å². The van der Waals surface area contributed by atoms with Crippen LogP contribution in [0, 0.1) is 0 Å². The zero-order valence-electron chi connectivity index (χ0n) is 10.6. The van der Waals surface area contributed by atoms with Gasteiger partial charge in [0.2, 0.25) is 0 Å². The van der Waals surface area contributed by atoms with E-state index in [1.54, 1.807) is 25.3 Å². The number of halogens is 1. The molecule has 2 rings (SSSR count). The Morgan fingerprint density at radius 3 is 2.68 bits per heavy atom. The van der Waals surface area contributed by atoms with Crippen molar-refractivity contribution in [1.29, 1.82) is 0 Å². The zero-order chi connectivity index (χ0) is 13.7. The topological polar surface area (TPSA) is 38.7 Å². The van der Waals surface area contributed by atoms with Crippen LogP contribution in [0.25, 0.3) is 0 Å². The molecule has 0 atom stereocenters. The summed E-state index contributed by atoms with van der Waals surface area (Å²) in [5.41, 5.74) is 1.67. The Balaban J connectivity index is 2.11. The molecule has 2 aromatic carbocycles. The molecule has 0 spiro atoms. The first kappa shape index (κ1) is 13.7. The minimum absolute atomic E-state index is 0.0952. The lowest BCUT2D eigenvalue weighted by Crippen LogP contribution is -1.99. The molecule has 0 amide bonds. The highest BCUT2D eigenvalue weighted by Crippen LogP contribution is 2.25. The Bertz CT molecular complexity index is 555. The molecule has 0 aliphatic heterocycles. The van der Waals surface area contributed by atoms with Crippen LogP contribution < -0.4 is 9.47 Å². The van der Waals surface area contributed by atoms with Crippen molar-refractivity contribution in [2.45, 2.75) is 13.2 Å². The molecule has 19 heavy (non-hydrogen) atoms. The number of hydrogen-bond donors (Lipinski definition) is 1. The molecule has 0 aromatic heterocycles. The van der Waals surface area contributed by atoms with Crippen molar-refractivity contribution in [2.24, 2.45) is 0 Å². The lowest BCUT2D eigenvalue weighted by molar-refractivity contribution is 0.258. The maximum atomic E-state index is 9.32. The van der Waals surface area contributed by atoms with Gasteiger partial charge in [-0.15, -0.1) is 0 Å². The highest BCUT2D eigenvalue weighted by Gasteiger charge is 2.05. The fraction of sp³-hybridized carbons (Fsp3) is 0.200. The summed E-state index contributed by atoms with van der Waals surface area (Å²) in [7, 11) is 1.59. The molecule has 0 aliphatic rings. The second-order valence-electron chi connectivity index (χ2n) is 4.05. The van der Waals surface area contributed by atoms with E-state index in [-0.39, 0.29) is 6.61 Å². The van der Waals surface area contributed by atoms with E-state index >= 15 is 0 Å². The molecule has 0 aliphatic carbocycles. The largest absolute Gasteiger partial charge is 0.497 e. The number of benzene rings is 2. The third-order valence-electron chi connectivity index (χ3n) is 2.72. The standard InChI is InChI=1S/C15H15ClO3/c1-18-14-5-6-15(12(8-14)9-17)19-10-11-3-2-4-13(16)7-11/h2-8,17H,9-10H2,1H3. The van der Waals surface area contributed by atoms with Crippen LogP contribution in [0.15, 0.2) is 42.5 Å². The quantitative estimate of drug-likeness (QED) is 0.911. The van der Waals surface area contributed by atoms with E-state index in [0.29, 0.717) is 28.7 Å². The van der Waals surface area contributed by atoms with Gasteiger partial charge < -0.3 is 14.6 Å². The molecule has 2 aromatic rings. The predicted molar refractivity (Wildman–Crippen MR) is 74.7 cm³/mol. The zero-order valence-corrected chi connectivity index (χ0v) is 11.4. The average molecular weight is 279 g/mol. The molecule has 0 fully saturated rings. The lowest BCUT2D eigenvalue weighted by Gasteiger charge is -2.11. The van der Waals surface area contributed by atoms with Crippen molar-refractivity contribution in [3.05, 3.63) is 58.6 Å². The fourth-order valence-corrected chi connectivity index (χ4v) is 1.95. The lowest BCUT2D eigenvalue weighted by atomic mass is 10.2. The average Bonchev–Trinajstić information content (AvgIpc) is 2.45. The fourth-order valence-electron chi connectivity index (χ4n) is 1.73. The Hall–Kier alpha value is -1.71. The molecule has 0 heterocycles. The van der Waals surface area contributed by atoms with Crippen LogP contribution in [0.4, 0.5) is 0 Å². The van der Waals surface area contributed by atoms with Gasteiger partial charge in [-0.1, -0.05) is 23.7 Å². The Labute approximate surface area is 117 Å². The van der Waals surface area contributed by atoms with Crippen LogP contribution in [-0.2, 0) is 13.2 Å². The van der Waals surface area contributed by atoms with Crippen LogP contribution in [-0.4, -0.2) is 12.2 Å². The molecule has 4 heteroatoms. The number of aliphatic hydroxyl groups is 1. The summed E-state index contributed by atoms with van der Waals surface area (Å²) >= 11 is 5.91. The van der Waals surface area contributed by atoms with E-state index in [1.807, 2.05) is 24.3 Å². The second kappa shape index (κ2) is 6.45. The molecule has 0 saturated heterocycles. The smallest absolute Gasteiger partial charge is 0.125 e. The van der Waals surface area contributed by atoms with E-state index < -0.39 is 0 Å². The van der Waals surface area contributed by atoms with Crippen LogP contribution in [0.1, 0.15) is 11.1 Å². The first-order valence-electron chi connectivity index (χ1n) is 5.88. The van der Waals surface area contributed by atoms with Crippen molar-refractivity contribution in [3.8, 4) is 11.5 Å². The molecule has 0 saturated carbocycles. The van der Waals surface area contributed by atoms with Gasteiger partial charge in [0.25, 0.3) is 0 Å². The molecule has 3 nitrogen and oxygen atoms in total. The number of aliphatic hydroxyl groups excluding tert-OH is 1. The maximum absolute atomic E-state index is 9.32. The highest BCUT2D eigenvalue weighted by molar-refractivity contribution is 6.30. The van der Waals surface area contributed by atoms with Gasteiger partial charge in [0.15, 0.2) is 0 Å². The SMILES string of the molecule is COc1ccc(OCc2cccc(Cl)c2)c(CO)c1. The van der Waals surface area contributed by atoms with Gasteiger partial charge in [-0.3, -0.25) is 0 Å². The van der Waals surface area contributed by atoms with Gasteiger partial charge in [-0.25, -0.2) is 0 Å². The minimum Gasteiger partial charge on any atom is -0.497 e. The Morgan fingerprint density at radius 1 is 1.16 bits per heavy atom. The second-order valence-corrected chi connectivity index (χ2v) is 4.49. The first-order chi connectivity index (χ1) is 9.22. The maximum Gasteiger partial charge on any atom is 0.125 e. The summed E-state index contributed by atoms with van der Waals surface area (Å²) in [6, 6.07) is 12.8. The molecule has 0 bridgehead atoms. The van der Waals surface area contributed by atoms with Crippen molar-refractivity contribution in [2.75, 3.05) is 7.11 Å². The van der Waals surface area contributed by atoms with Gasteiger partial charge in [0.1, 0.15) is 18.1 Å². The Morgan fingerprint density at radius 2 is 2.00 bits per heavy atom. The van der Waals surface area contributed by atoms with E-state index in [4.69, 9.17) is 21.1 Å². The third-order valence-corrected chi connectivity index (χ3v) is 2.96. The monoisotopic (exact) mass is 278 g/mol. The first-order valence-corrected chi connectivity index (χ1v) is 6.25. The van der Waals surface area contributed by atoms with E-state index in [2.05, 4.69) is 0 Å². The molecule has 100 valence electrons. The molecular weight excluding hydrogens is 264 g/mol. The molecule has 1 N–H and O–H groups in total. The summed E-state index contributed by atoms with van der Waals surface area (Å²) in [6.07, 6.45) is 0. The predicted octanol–water partition coefficient (Wildman–Crippen LogP) is 3.42. The summed E-state index contributed by atoms with van der Waals surface area (Å²) in [5, 5.41) is 10.0. The summed E-state index contributed by atoms with van der Waals surface area (Å²) in [4.78, 5) is 0.